The van der Waals surface area contributed by atoms with E-state index in [-0.39, 0.29) is 5.69 Å². The van der Waals surface area contributed by atoms with E-state index in [1.807, 2.05) is 0 Å². The Kier molecular flexibility index (Phi) is 3.30. The minimum atomic E-state index is -1.05. The SMILES string of the molecule is O=C(O)[C@@H](c1ccccc1)n1cc2ccc([N+](=O)[O-])cc2n1. The lowest BCUT2D eigenvalue weighted by Gasteiger charge is -2.12. The van der Waals surface area contributed by atoms with E-state index in [0.717, 1.165) is 0 Å². The van der Waals surface area contributed by atoms with Crippen LogP contribution in [0.3, 0.4) is 0 Å². The van der Waals surface area contributed by atoms with Crippen molar-refractivity contribution in [1.82, 2.24) is 9.78 Å². The molecule has 0 unspecified atom stereocenters. The van der Waals surface area contributed by atoms with Crippen LogP contribution in [0, 0.1) is 10.1 Å². The summed E-state index contributed by atoms with van der Waals surface area (Å²) in [4.78, 5) is 21.9. The molecular formula is C15H11N3O4. The van der Waals surface area contributed by atoms with Gasteiger partial charge in [-0.1, -0.05) is 30.3 Å². The standard InChI is InChI=1S/C15H11N3O4/c19-15(20)14(10-4-2-1-3-5-10)17-9-11-6-7-12(18(21)22)8-13(11)16-17/h1-9,14H,(H,19,20)/t14-/m1/s1. The number of non-ortho nitro benzene ring substituents is 1. The second-order valence-corrected chi connectivity index (χ2v) is 4.76. The fourth-order valence-corrected chi connectivity index (χ4v) is 2.31. The van der Waals surface area contributed by atoms with Gasteiger partial charge in [-0.25, -0.2) is 4.79 Å². The first-order valence-corrected chi connectivity index (χ1v) is 6.47. The van der Waals surface area contributed by atoms with Gasteiger partial charge in [0.25, 0.3) is 5.69 Å². The van der Waals surface area contributed by atoms with Gasteiger partial charge in [-0.3, -0.25) is 14.8 Å². The zero-order valence-electron chi connectivity index (χ0n) is 11.3. The van der Waals surface area contributed by atoms with Crippen molar-refractivity contribution in [2.24, 2.45) is 0 Å². The van der Waals surface area contributed by atoms with Crippen LogP contribution in [0.5, 0.6) is 0 Å². The Morgan fingerprint density at radius 3 is 2.59 bits per heavy atom. The third-order valence-electron chi connectivity index (χ3n) is 3.33. The van der Waals surface area contributed by atoms with Gasteiger partial charge in [-0.2, -0.15) is 5.10 Å². The van der Waals surface area contributed by atoms with E-state index in [4.69, 9.17) is 0 Å². The van der Waals surface area contributed by atoms with Crippen LogP contribution in [0.2, 0.25) is 0 Å². The zero-order valence-corrected chi connectivity index (χ0v) is 11.3. The Morgan fingerprint density at radius 1 is 1.23 bits per heavy atom. The molecule has 0 fully saturated rings. The normalized spacial score (nSPS) is 12.2. The molecule has 1 N–H and O–H groups in total. The van der Waals surface area contributed by atoms with E-state index in [9.17, 15) is 20.0 Å². The molecule has 0 radical (unpaired) electrons. The van der Waals surface area contributed by atoms with E-state index in [1.165, 1.54) is 16.8 Å². The van der Waals surface area contributed by atoms with E-state index in [0.29, 0.717) is 16.5 Å². The molecule has 0 saturated carbocycles. The predicted octanol–water partition coefficient (Wildman–Crippen LogP) is 2.62. The van der Waals surface area contributed by atoms with E-state index in [2.05, 4.69) is 5.10 Å². The molecular weight excluding hydrogens is 286 g/mol. The van der Waals surface area contributed by atoms with Crippen molar-refractivity contribution in [3.05, 3.63) is 70.4 Å². The van der Waals surface area contributed by atoms with Crippen LogP contribution in [0.15, 0.2) is 54.7 Å². The molecule has 0 spiro atoms. The fourth-order valence-electron chi connectivity index (χ4n) is 2.31. The summed E-state index contributed by atoms with van der Waals surface area (Å²) in [5, 5.41) is 25.1. The second-order valence-electron chi connectivity index (χ2n) is 4.76. The van der Waals surface area contributed by atoms with Gasteiger partial charge in [-0.15, -0.1) is 0 Å². The molecule has 2 aromatic carbocycles. The van der Waals surface area contributed by atoms with Crippen molar-refractivity contribution in [1.29, 1.82) is 0 Å². The van der Waals surface area contributed by atoms with Crippen LogP contribution in [0.1, 0.15) is 11.6 Å². The van der Waals surface area contributed by atoms with Gasteiger partial charge in [0.15, 0.2) is 6.04 Å². The highest BCUT2D eigenvalue weighted by Crippen LogP contribution is 2.24. The lowest BCUT2D eigenvalue weighted by Crippen LogP contribution is -2.20. The molecule has 1 aromatic heterocycles. The van der Waals surface area contributed by atoms with Gasteiger partial charge in [0.2, 0.25) is 0 Å². The van der Waals surface area contributed by atoms with E-state index in [1.54, 1.807) is 42.6 Å². The number of nitro benzene ring substituents is 1. The predicted molar refractivity (Wildman–Crippen MR) is 78.6 cm³/mol. The van der Waals surface area contributed by atoms with Crippen LogP contribution < -0.4 is 0 Å². The van der Waals surface area contributed by atoms with Gasteiger partial charge in [-0.05, 0) is 11.6 Å². The maximum Gasteiger partial charge on any atom is 0.333 e. The average Bonchev–Trinajstić information content (AvgIpc) is 2.90. The number of hydrogen-bond donors (Lipinski definition) is 1. The summed E-state index contributed by atoms with van der Waals surface area (Å²) in [6, 6.07) is 12.0. The smallest absolute Gasteiger partial charge is 0.333 e. The quantitative estimate of drug-likeness (QED) is 0.589. The Morgan fingerprint density at radius 2 is 1.95 bits per heavy atom. The number of aliphatic carboxylic acids is 1. The van der Waals surface area contributed by atoms with Gasteiger partial charge in [0, 0.05) is 23.7 Å². The van der Waals surface area contributed by atoms with Crippen molar-refractivity contribution >= 4 is 22.6 Å². The largest absolute Gasteiger partial charge is 0.479 e. The first kappa shape index (κ1) is 13.7. The number of carbonyl (C=O) groups is 1. The molecule has 1 atom stereocenters. The number of aromatic nitrogens is 2. The minimum absolute atomic E-state index is 0.0793. The molecule has 22 heavy (non-hydrogen) atoms. The molecule has 0 saturated heterocycles. The number of hydrogen-bond acceptors (Lipinski definition) is 4. The third kappa shape index (κ3) is 2.39. The summed E-state index contributed by atoms with van der Waals surface area (Å²) in [6.07, 6.45) is 1.57. The number of nitro groups is 1. The van der Waals surface area contributed by atoms with Crippen LogP contribution in [-0.4, -0.2) is 25.8 Å². The first-order valence-electron chi connectivity index (χ1n) is 6.47. The third-order valence-corrected chi connectivity index (χ3v) is 3.33. The van der Waals surface area contributed by atoms with Crippen LogP contribution in [0.25, 0.3) is 10.9 Å². The number of carboxylic acids is 1. The highest BCUT2D eigenvalue weighted by Gasteiger charge is 2.23. The molecule has 110 valence electrons. The highest BCUT2D eigenvalue weighted by atomic mass is 16.6. The summed E-state index contributed by atoms with van der Waals surface area (Å²) < 4.78 is 1.31. The van der Waals surface area contributed by atoms with E-state index >= 15 is 0 Å². The average molecular weight is 297 g/mol. The molecule has 1 heterocycles. The van der Waals surface area contributed by atoms with Crippen LogP contribution in [0.4, 0.5) is 5.69 Å². The molecule has 0 bridgehead atoms. The second kappa shape index (κ2) is 5.28. The molecule has 0 aliphatic heterocycles. The molecule has 0 aliphatic rings. The van der Waals surface area contributed by atoms with Crippen molar-refractivity contribution in [3.63, 3.8) is 0 Å². The zero-order chi connectivity index (χ0) is 15.7. The Hall–Kier alpha value is -3.22. The highest BCUT2D eigenvalue weighted by molar-refractivity contribution is 5.82. The monoisotopic (exact) mass is 297 g/mol. The molecule has 0 amide bonds. The molecule has 3 rings (SSSR count). The number of rotatable bonds is 4. The van der Waals surface area contributed by atoms with Crippen LogP contribution >= 0.6 is 0 Å². The van der Waals surface area contributed by atoms with Crippen molar-refractivity contribution in [2.45, 2.75) is 6.04 Å². The summed E-state index contributed by atoms with van der Waals surface area (Å²) in [5.41, 5.74) is 0.887. The van der Waals surface area contributed by atoms with E-state index < -0.39 is 16.9 Å². The Bertz CT molecular complexity index is 858. The maximum absolute atomic E-state index is 11.6. The van der Waals surface area contributed by atoms with Crippen LogP contribution in [-0.2, 0) is 4.79 Å². The van der Waals surface area contributed by atoms with Gasteiger partial charge in [0.05, 0.1) is 10.4 Å². The maximum atomic E-state index is 11.6. The summed E-state index contributed by atoms with van der Waals surface area (Å²) >= 11 is 0. The van der Waals surface area contributed by atoms with Crippen molar-refractivity contribution in [2.75, 3.05) is 0 Å². The Balaban J connectivity index is 2.11. The number of fused-ring (bicyclic) bond motifs is 1. The molecule has 3 aromatic rings. The van der Waals surface area contributed by atoms with Crippen molar-refractivity contribution in [3.8, 4) is 0 Å². The first-order chi connectivity index (χ1) is 10.6. The topological polar surface area (TPSA) is 98.3 Å². The molecule has 7 nitrogen and oxygen atoms in total. The minimum Gasteiger partial charge on any atom is -0.479 e. The molecule has 0 aliphatic carbocycles. The number of carboxylic acid groups (broad SMARTS) is 1. The summed E-state index contributed by atoms with van der Waals surface area (Å²) in [5.74, 6) is -1.05. The van der Waals surface area contributed by atoms with Crippen molar-refractivity contribution < 1.29 is 14.8 Å². The summed E-state index contributed by atoms with van der Waals surface area (Å²) in [7, 11) is 0. The van der Waals surface area contributed by atoms with Gasteiger partial charge >= 0.3 is 5.97 Å². The fraction of sp³-hybridized carbons (Fsp3) is 0.0667. The number of nitrogens with zero attached hydrogens (tertiary/aromatic N) is 3. The number of benzene rings is 2. The lowest BCUT2D eigenvalue weighted by molar-refractivity contribution is -0.384. The Labute approximate surface area is 124 Å². The van der Waals surface area contributed by atoms with Gasteiger partial charge < -0.3 is 5.11 Å². The molecule has 7 heteroatoms. The summed E-state index contributed by atoms with van der Waals surface area (Å²) in [6.45, 7) is 0. The lowest BCUT2D eigenvalue weighted by atomic mass is 10.1. The van der Waals surface area contributed by atoms with Gasteiger partial charge in [0.1, 0.15) is 0 Å².